The van der Waals surface area contributed by atoms with Gasteiger partial charge in [-0.05, 0) is 18.9 Å². The molecule has 1 atom stereocenters. The molecule has 0 saturated carbocycles. The van der Waals surface area contributed by atoms with Gasteiger partial charge in [0.05, 0.1) is 5.75 Å². The average molecular weight is 351 g/mol. The molecule has 1 unspecified atom stereocenters. The average Bonchev–Trinajstić information content (AvgIpc) is 3.00. The van der Waals surface area contributed by atoms with E-state index in [0.29, 0.717) is 5.75 Å². The molecular formula is C16H22N4OS2. The van der Waals surface area contributed by atoms with Crippen LogP contribution in [0, 0.1) is 0 Å². The maximum Gasteiger partial charge on any atom is 0.230 e. The third-order valence-electron chi connectivity index (χ3n) is 3.15. The quantitative estimate of drug-likeness (QED) is 0.677. The first-order chi connectivity index (χ1) is 11.2. The third kappa shape index (κ3) is 6.58. The number of nitrogens with zero attached hydrogens (tertiary/aromatic N) is 2. The van der Waals surface area contributed by atoms with E-state index in [1.807, 2.05) is 25.1 Å². The normalized spacial score (nSPS) is 11.9. The Kier molecular flexibility index (Phi) is 7.35. The van der Waals surface area contributed by atoms with Crippen LogP contribution in [0.3, 0.4) is 0 Å². The van der Waals surface area contributed by atoms with Crippen molar-refractivity contribution >= 4 is 34.1 Å². The number of rotatable bonds is 9. The second-order valence-corrected chi connectivity index (χ2v) is 7.46. The fourth-order valence-corrected chi connectivity index (χ4v) is 3.62. The summed E-state index contributed by atoms with van der Waals surface area (Å²) in [5.41, 5.74) is 1.20. The highest BCUT2D eigenvalue weighted by Gasteiger charge is 2.10. The minimum absolute atomic E-state index is 0.0462. The fraction of sp³-hybridized carbons (Fsp3) is 0.438. The maximum atomic E-state index is 11.8. The van der Waals surface area contributed by atoms with Crippen LogP contribution in [-0.4, -0.2) is 27.9 Å². The summed E-state index contributed by atoms with van der Waals surface area (Å²) in [6, 6.07) is 10.4. The van der Waals surface area contributed by atoms with Crippen molar-refractivity contribution in [3.63, 3.8) is 0 Å². The van der Waals surface area contributed by atoms with Gasteiger partial charge in [0.1, 0.15) is 0 Å². The van der Waals surface area contributed by atoms with Crippen molar-refractivity contribution in [1.29, 1.82) is 0 Å². The first kappa shape index (κ1) is 17.7. The zero-order chi connectivity index (χ0) is 16.5. The van der Waals surface area contributed by atoms with E-state index in [4.69, 9.17) is 0 Å². The van der Waals surface area contributed by atoms with Crippen LogP contribution in [0.2, 0.25) is 0 Å². The van der Waals surface area contributed by atoms with Crippen LogP contribution >= 0.6 is 23.1 Å². The van der Waals surface area contributed by atoms with Gasteiger partial charge in [-0.1, -0.05) is 66.8 Å². The Bertz CT molecular complexity index is 603. The molecule has 0 bridgehead atoms. The highest BCUT2D eigenvalue weighted by Crippen LogP contribution is 2.25. The molecule has 1 heterocycles. The first-order valence-corrected chi connectivity index (χ1v) is 9.51. The van der Waals surface area contributed by atoms with Crippen molar-refractivity contribution in [1.82, 2.24) is 15.5 Å². The second-order valence-electron chi connectivity index (χ2n) is 5.26. The van der Waals surface area contributed by atoms with E-state index in [0.717, 1.165) is 28.9 Å². The largest absolute Gasteiger partial charge is 0.356 e. The summed E-state index contributed by atoms with van der Waals surface area (Å²) >= 11 is 2.90. The molecule has 5 nitrogen and oxygen atoms in total. The zero-order valence-corrected chi connectivity index (χ0v) is 15.0. The lowest BCUT2D eigenvalue weighted by Crippen LogP contribution is -2.33. The van der Waals surface area contributed by atoms with E-state index < -0.39 is 0 Å². The van der Waals surface area contributed by atoms with Crippen LogP contribution in [0.15, 0.2) is 34.7 Å². The zero-order valence-electron chi connectivity index (χ0n) is 13.4. The predicted octanol–water partition coefficient (Wildman–Crippen LogP) is 3.55. The fourth-order valence-electron chi connectivity index (χ4n) is 2.06. The lowest BCUT2D eigenvalue weighted by atomic mass is 10.2. The molecule has 0 radical (unpaired) electrons. The Hall–Kier alpha value is -1.60. The van der Waals surface area contributed by atoms with Gasteiger partial charge in [-0.25, -0.2) is 0 Å². The van der Waals surface area contributed by atoms with E-state index >= 15 is 0 Å². The molecule has 0 aliphatic heterocycles. The van der Waals surface area contributed by atoms with E-state index in [9.17, 15) is 4.79 Å². The number of hydrogen-bond donors (Lipinski definition) is 2. The number of aromatic nitrogens is 2. The van der Waals surface area contributed by atoms with Crippen molar-refractivity contribution in [2.75, 3.05) is 11.1 Å². The molecule has 124 valence electrons. The summed E-state index contributed by atoms with van der Waals surface area (Å²) in [6.07, 6.45) is 2.07. The number of hydrogen-bond acceptors (Lipinski definition) is 6. The molecule has 0 spiro atoms. The highest BCUT2D eigenvalue weighted by molar-refractivity contribution is 8.01. The number of thioether (sulfide) groups is 1. The summed E-state index contributed by atoms with van der Waals surface area (Å²) < 4.78 is 0.804. The molecule has 0 fully saturated rings. The first-order valence-electron chi connectivity index (χ1n) is 7.71. The van der Waals surface area contributed by atoms with Crippen LogP contribution in [-0.2, 0) is 11.3 Å². The van der Waals surface area contributed by atoms with Crippen LogP contribution in [0.4, 0.5) is 5.13 Å². The number of amides is 1. The molecule has 2 N–H and O–H groups in total. The Morgan fingerprint density at radius 1 is 1.30 bits per heavy atom. The third-order valence-corrected chi connectivity index (χ3v) is 5.16. The number of carbonyl (C=O) groups excluding carboxylic acids is 1. The van der Waals surface area contributed by atoms with Gasteiger partial charge in [0.2, 0.25) is 11.0 Å². The van der Waals surface area contributed by atoms with Gasteiger partial charge >= 0.3 is 0 Å². The summed E-state index contributed by atoms with van der Waals surface area (Å²) in [5.74, 6) is 0.423. The molecule has 23 heavy (non-hydrogen) atoms. The van der Waals surface area contributed by atoms with Crippen LogP contribution in [0.1, 0.15) is 32.3 Å². The van der Waals surface area contributed by atoms with E-state index in [1.54, 1.807) is 0 Å². The Morgan fingerprint density at radius 3 is 2.83 bits per heavy atom. The number of anilines is 1. The summed E-state index contributed by atoms with van der Waals surface area (Å²) in [5, 5.41) is 15.2. The van der Waals surface area contributed by atoms with Gasteiger partial charge < -0.3 is 10.6 Å². The van der Waals surface area contributed by atoms with E-state index in [2.05, 4.69) is 39.9 Å². The summed E-state index contributed by atoms with van der Waals surface area (Å²) in [4.78, 5) is 11.8. The molecule has 2 rings (SSSR count). The smallest absolute Gasteiger partial charge is 0.230 e. The van der Waals surface area contributed by atoms with Crippen molar-refractivity contribution in [2.24, 2.45) is 0 Å². The Labute approximate surface area is 145 Å². The van der Waals surface area contributed by atoms with Gasteiger partial charge in [0.25, 0.3) is 0 Å². The summed E-state index contributed by atoms with van der Waals surface area (Å²) in [6.45, 7) is 4.86. The minimum atomic E-state index is 0.0462. The highest BCUT2D eigenvalue weighted by atomic mass is 32.2. The SMILES string of the molecule is CCCC(C)NC(=O)CSc1nnc(NCc2ccccc2)s1. The molecule has 0 aliphatic carbocycles. The monoisotopic (exact) mass is 350 g/mol. The standard InChI is InChI=1S/C16H22N4OS2/c1-3-7-12(2)18-14(21)11-22-16-20-19-15(23-16)17-10-13-8-5-4-6-9-13/h4-6,8-9,12H,3,7,10-11H2,1-2H3,(H,17,19)(H,18,21). The van der Waals surface area contributed by atoms with Crippen LogP contribution in [0.5, 0.6) is 0 Å². The molecule has 0 aliphatic rings. The summed E-state index contributed by atoms with van der Waals surface area (Å²) in [7, 11) is 0. The van der Waals surface area contributed by atoms with Gasteiger partial charge in [0.15, 0.2) is 4.34 Å². The predicted molar refractivity (Wildman–Crippen MR) is 96.9 cm³/mol. The molecule has 7 heteroatoms. The molecule has 1 amide bonds. The molecule has 2 aromatic rings. The number of carbonyl (C=O) groups is 1. The van der Waals surface area contributed by atoms with Crippen molar-refractivity contribution in [3.05, 3.63) is 35.9 Å². The van der Waals surface area contributed by atoms with Crippen molar-refractivity contribution in [3.8, 4) is 0 Å². The molecular weight excluding hydrogens is 328 g/mol. The van der Waals surface area contributed by atoms with Crippen molar-refractivity contribution in [2.45, 2.75) is 43.6 Å². The van der Waals surface area contributed by atoms with E-state index in [-0.39, 0.29) is 11.9 Å². The van der Waals surface area contributed by atoms with Crippen molar-refractivity contribution < 1.29 is 4.79 Å². The van der Waals surface area contributed by atoms with E-state index in [1.165, 1.54) is 28.7 Å². The topological polar surface area (TPSA) is 66.9 Å². The number of nitrogens with one attached hydrogen (secondary N) is 2. The Balaban J connectivity index is 1.73. The second kappa shape index (κ2) is 9.52. The molecule has 1 aromatic carbocycles. The Morgan fingerprint density at radius 2 is 2.09 bits per heavy atom. The van der Waals surface area contributed by atoms with Gasteiger partial charge in [0, 0.05) is 12.6 Å². The van der Waals surface area contributed by atoms with Gasteiger partial charge in [-0.3, -0.25) is 4.79 Å². The lowest BCUT2D eigenvalue weighted by molar-refractivity contribution is -0.119. The molecule has 0 saturated heterocycles. The van der Waals surface area contributed by atoms with Gasteiger partial charge in [-0.2, -0.15) is 0 Å². The lowest BCUT2D eigenvalue weighted by Gasteiger charge is -2.11. The number of benzene rings is 1. The van der Waals surface area contributed by atoms with Crippen LogP contribution < -0.4 is 10.6 Å². The minimum Gasteiger partial charge on any atom is -0.356 e. The van der Waals surface area contributed by atoms with Crippen LogP contribution in [0.25, 0.3) is 0 Å². The van der Waals surface area contributed by atoms with Gasteiger partial charge in [-0.15, -0.1) is 10.2 Å². The molecule has 1 aromatic heterocycles. The maximum absolute atomic E-state index is 11.8.